The van der Waals surface area contributed by atoms with Crippen LogP contribution >= 0.6 is 11.6 Å². The van der Waals surface area contributed by atoms with Gasteiger partial charge in [-0.3, -0.25) is 19.1 Å². The van der Waals surface area contributed by atoms with Crippen molar-refractivity contribution in [2.45, 2.75) is 133 Å². The van der Waals surface area contributed by atoms with Crippen LogP contribution in [-0.2, 0) is 29.1 Å². The van der Waals surface area contributed by atoms with E-state index in [2.05, 4.69) is 20.3 Å². The Labute approximate surface area is 356 Å². The van der Waals surface area contributed by atoms with Crippen LogP contribution in [0.5, 0.6) is 11.8 Å². The van der Waals surface area contributed by atoms with E-state index in [4.69, 9.17) is 25.8 Å². The molecule has 4 amide bonds. The third kappa shape index (κ3) is 9.97. The van der Waals surface area contributed by atoms with Gasteiger partial charge in [0.15, 0.2) is 12.2 Å². The molecule has 4 aliphatic rings. The minimum atomic E-state index is -4.11. The number of carbonyl (C=O) groups excluding carboxylic acids is 4. The van der Waals surface area contributed by atoms with Gasteiger partial charge in [-0.15, -0.1) is 0 Å². The Kier molecular flexibility index (Phi) is 12.9. The van der Waals surface area contributed by atoms with Gasteiger partial charge in [-0.1, -0.05) is 43.7 Å². The Bertz CT molecular complexity index is 2190. The lowest BCUT2D eigenvalue weighted by molar-refractivity contribution is -0.152. The lowest BCUT2D eigenvalue weighted by atomic mass is 9.88. The van der Waals surface area contributed by atoms with Crippen LogP contribution < -0.4 is 24.8 Å². The van der Waals surface area contributed by atoms with Gasteiger partial charge >= 0.3 is 6.09 Å². The number of hydrogen-bond acceptors (Lipinski definition) is 10. The first-order valence-corrected chi connectivity index (χ1v) is 22.1. The van der Waals surface area contributed by atoms with Crippen molar-refractivity contribution in [1.29, 1.82) is 0 Å². The zero-order valence-electron chi connectivity index (χ0n) is 34.7. The predicted octanol–water partition coefficient (Wildman–Crippen LogP) is 6.29. The second kappa shape index (κ2) is 17.1. The highest BCUT2D eigenvalue weighted by Gasteiger charge is 2.63. The quantitative estimate of drug-likeness (QED) is 0.171. The summed E-state index contributed by atoms with van der Waals surface area (Å²) in [5.41, 5.74) is -3.97. The molecule has 1 aromatic carbocycles. The fourth-order valence-electron chi connectivity index (χ4n) is 7.73. The van der Waals surface area contributed by atoms with E-state index in [1.54, 1.807) is 31.2 Å². The Morgan fingerprint density at radius 1 is 1.11 bits per heavy atom. The fourth-order valence-corrected chi connectivity index (χ4v) is 9.27. The zero-order chi connectivity index (χ0) is 44.9. The van der Waals surface area contributed by atoms with E-state index in [1.807, 2.05) is 13.0 Å². The van der Waals surface area contributed by atoms with Gasteiger partial charge in [-0.2, -0.15) is 4.98 Å². The monoisotopic (exact) mass is 901 g/mol. The number of amides is 4. The van der Waals surface area contributed by atoms with E-state index in [1.165, 1.54) is 13.0 Å². The Morgan fingerprint density at radius 3 is 2.48 bits per heavy atom. The summed E-state index contributed by atoms with van der Waals surface area (Å²) < 4.78 is 99.3. The molecular formula is C41H52ClF4N5O9S. The average Bonchev–Trinajstić information content (AvgIpc) is 4.04. The van der Waals surface area contributed by atoms with Crippen LogP contribution in [0, 0.1) is 17.8 Å². The lowest BCUT2D eigenvalue weighted by Gasteiger charge is -2.35. The number of carbonyl (C=O) groups is 4. The largest absolute Gasteiger partial charge is 0.472 e. The Hall–Kier alpha value is -4.39. The van der Waals surface area contributed by atoms with Crippen LogP contribution in [0.3, 0.4) is 0 Å². The molecule has 2 saturated carbocycles. The van der Waals surface area contributed by atoms with Crippen molar-refractivity contribution in [3.8, 4) is 11.8 Å². The first-order chi connectivity index (χ1) is 28.4. The molecule has 0 bridgehead atoms. The van der Waals surface area contributed by atoms with E-state index in [-0.39, 0.29) is 42.1 Å². The van der Waals surface area contributed by atoms with E-state index in [9.17, 15) is 45.2 Å². The Morgan fingerprint density at radius 2 is 1.82 bits per heavy atom. The number of halogens is 5. The molecule has 3 heterocycles. The second-order valence-corrected chi connectivity index (χ2v) is 20.3. The zero-order valence-corrected chi connectivity index (χ0v) is 36.3. The predicted molar refractivity (Wildman–Crippen MR) is 216 cm³/mol. The van der Waals surface area contributed by atoms with Crippen LogP contribution in [-0.4, -0.2) is 102 Å². The van der Waals surface area contributed by atoms with Crippen molar-refractivity contribution >= 4 is 56.2 Å². The normalized spacial score (nSPS) is 28.7. The lowest BCUT2D eigenvalue weighted by Crippen LogP contribution is -2.59. The highest BCUT2D eigenvalue weighted by atomic mass is 35.5. The topological polar surface area (TPSA) is 182 Å². The number of fused-ring (bicyclic) bond motifs is 3. The second-order valence-electron chi connectivity index (χ2n) is 17.7. The van der Waals surface area contributed by atoms with Crippen LogP contribution in [0.2, 0.25) is 5.02 Å². The van der Waals surface area contributed by atoms with Crippen LogP contribution in [0.4, 0.5) is 22.4 Å². The number of pyridine rings is 1. The number of nitrogens with zero attached hydrogens (tertiary/aromatic N) is 2. The highest BCUT2D eigenvalue weighted by molar-refractivity contribution is 7.91. The number of alkyl carbamates (subject to hydrolysis) is 1. The summed E-state index contributed by atoms with van der Waals surface area (Å²) in [4.78, 5) is 62.2. The van der Waals surface area contributed by atoms with Crippen molar-refractivity contribution in [3.63, 3.8) is 0 Å². The molecule has 20 heteroatoms. The summed E-state index contributed by atoms with van der Waals surface area (Å²) in [5.74, 6) is -7.62. The van der Waals surface area contributed by atoms with Crippen LogP contribution in [0.15, 0.2) is 36.4 Å². The highest BCUT2D eigenvalue weighted by Crippen LogP contribution is 2.48. The molecule has 3 N–H and O–H groups in total. The summed E-state index contributed by atoms with van der Waals surface area (Å²) in [6.07, 6.45) is 0.528. The number of allylic oxidation sites excluding steroid dienone is 1. The maximum Gasteiger partial charge on any atom is 0.408 e. The molecule has 1 aromatic heterocycles. The molecule has 61 heavy (non-hydrogen) atoms. The van der Waals surface area contributed by atoms with Gasteiger partial charge in [0, 0.05) is 41.1 Å². The molecule has 0 radical (unpaired) electrons. The molecule has 7 atom stereocenters. The standard InChI is InChI=1S/C41H52ClF4N5O9S/c1-22-10-7-8-11-24-19-41(24,36(54)50-61(56,57)39(5)14-15-39)49-33(52)29-17-25(59-34-26-12-9-13-28(42)27(26)18-31(47-34)58-21-30(43)44)20-51(29)35(53)32(23(2)16-22)48-37(55)60-38(3,4)40(6,45)46/h8-9,11-13,18,22-25,29-30,32H,7,10,14-17,19-21H2,1-6H3,(H,48,55)(H,49,52)(H,50,54)/b11-8-/t22-,23+,24+,25+,29-,32-,41+/m0/s1. The molecule has 2 aliphatic carbocycles. The molecule has 14 nitrogen and oxygen atoms in total. The molecular weight excluding hydrogens is 850 g/mol. The van der Waals surface area contributed by atoms with Gasteiger partial charge in [0.05, 0.1) is 11.3 Å². The Balaban J connectivity index is 1.37. The van der Waals surface area contributed by atoms with Crippen LogP contribution in [0.1, 0.15) is 86.5 Å². The van der Waals surface area contributed by atoms with Crippen molar-refractivity contribution < 1.29 is 59.4 Å². The van der Waals surface area contributed by atoms with E-state index < -0.39 is 98.7 Å². The van der Waals surface area contributed by atoms with E-state index in [0.717, 1.165) is 18.7 Å². The number of sulfonamides is 1. The molecule has 0 spiro atoms. The van der Waals surface area contributed by atoms with Gasteiger partial charge in [0.1, 0.15) is 23.7 Å². The molecule has 3 fully saturated rings. The number of benzene rings is 1. The molecule has 0 unspecified atom stereocenters. The summed E-state index contributed by atoms with van der Waals surface area (Å²) in [5, 5.41) is 6.19. The SMILES string of the molecule is C[C@H]1CC/C=C\[C@@H]2C[C@@]2(C(=O)NS(=O)(=O)C2(C)CC2)NC(=O)[C@@H]2C[C@@H](Oc3nc(OCC(F)F)cc4c(Cl)cccc34)CN2C(=O)[C@@H](NC(=O)OC(C)(C)C(C)(F)F)[C@H](C)C1. The number of rotatable bonds is 11. The number of ether oxygens (including phenoxy) is 3. The summed E-state index contributed by atoms with van der Waals surface area (Å²) >= 11 is 6.46. The molecule has 2 aromatic rings. The van der Waals surface area contributed by atoms with Gasteiger partial charge in [0.2, 0.25) is 33.6 Å². The minimum Gasteiger partial charge on any atom is -0.472 e. The maximum atomic E-state index is 14.9. The van der Waals surface area contributed by atoms with Crippen molar-refractivity contribution in [2.24, 2.45) is 17.8 Å². The molecule has 6 rings (SSSR count). The van der Waals surface area contributed by atoms with Crippen molar-refractivity contribution in [2.75, 3.05) is 13.2 Å². The average molecular weight is 902 g/mol. The van der Waals surface area contributed by atoms with Gasteiger partial charge in [0.25, 0.3) is 18.3 Å². The van der Waals surface area contributed by atoms with Gasteiger partial charge in [-0.25, -0.2) is 30.8 Å². The van der Waals surface area contributed by atoms with Crippen LogP contribution in [0.25, 0.3) is 10.8 Å². The number of aromatic nitrogens is 1. The van der Waals surface area contributed by atoms with Crippen molar-refractivity contribution in [1.82, 2.24) is 25.2 Å². The minimum absolute atomic E-state index is 0.0399. The third-order valence-electron chi connectivity index (χ3n) is 12.3. The smallest absolute Gasteiger partial charge is 0.408 e. The summed E-state index contributed by atoms with van der Waals surface area (Å²) in [6, 6.07) is 3.34. The summed E-state index contributed by atoms with van der Waals surface area (Å²) in [6.45, 7) is 6.51. The molecule has 336 valence electrons. The fraction of sp³-hybridized carbons (Fsp3) is 0.634. The van der Waals surface area contributed by atoms with Gasteiger partial charge in [-0.05, 0) is 83.3 Å². The first-order valence-electron chi connectivity index (χ1n) is 20.3. The number of nitrogens with one attached hydrogen (secondary N) is 3. The third-order valence-corrected chi connectivity index (χ3v) is 14.8. The molecule has 2 aliphatic heterocycles. The van der Waals surface area contributed by atoms with E-state index >= 15 is 0 Å². The first kappa shape index (κ1) is 46.1. The van der Waals surface area contributed by atoms with E-state index in [0.29, 0.717) is 49.8 Å². The molecule has 1 saturated heterocycles. The number of alkyl halides is 4. The number of hydrogen-bond donors (Lipinski definition) is 3. The maximum absolute atomic E-state index is 14.9. The summed E-state index contributed by atoms with van der Waals surface area (Å²) in [7, 11) is -4.11. The van der Waals surface area contributed by atoms with Gasteiger partial charge < -0.3 is 29.7 Å². The van der Waals surface area contributed by atoms with Crippen molar-refractivity contribution in [3.05, 3.63) is 41.4 Å².